The van der Waals surface area contributed by atoms with Crippen LogP contribution in [-0.4, -0.2) is 5.78 Å². The fourth-order valence-electron chi connectivity index (χ4n) is 1.36. The van der Waals surface area contributed by atoms with E-state index < -0.39 is 0 Å². The molecule has 2 rings (SSSR count). The van der Waals surface area contributed by atoms with Crippen molar-refractivity contribution in [1.82, 2.24) is 0 Å². The van der Waals surface area contributed by atoms with Crippen molar-refractivity contribution in [2.24, 2.45) is 0 Å². The predicted molar refractivity (Wildman–Crippen MR) is 55.0 cm³/mol. The Morgan fingerprint density at radius 3 is 2.85 bits per heavy atom. The molecule has 0 N–H and O–H groups in total. The topological polar surface area (TPSA) is 17.1 Å². The van der Waals surface area contributed by atoms with Crippen LogP contribution in [0.5, 0.6) is 0 Å². The Hall–Kier alpha value is -1.02. The summed E-state index contributed by atoms with van der Waals surface area (Å²) in [7, 11) is 0. The first kappa shape index (κ1) is 8.57. The summed E-state index contributed by atoms with van der Waals surface area (Å²) in [5.74, 6) is 0.183. The summed E-state index contributed by atoms with van der Waals surface area (Å²) in [6, 6.07) is 7.76. The maximum Gasteiger partial charge on any atom is 0.200 e. The van der Waals surface area contributed by atoms with Crippen molar-refractivity contribution in [1.29, 1.82) is 0 Å². The maximum atomic E-state index is 11.7. The zero-order chi connectivity index (χ0) is 9.26. The number of Topliss-reactive ketones (excluding diaryl/α,β-unsaturated/α-hetero) is 1. The molecule has 1 nitrogen and oxygen atoms in total. The molecule has 0 aromatic heterocycles. The molecule has 66 valence electrons. The largest absolute Gasteiger partial charge is 0.288 e. The Bertz CT molecular complexity index is 379. The molecule has 0 amide bonds. The number of benzene rings is 1. The van der Waals surface area contributed by atoms with E-state index in [1.54, 1.807) is 11.8 Å². The van der Waals surface area contributed by atoms with Crippen molar-refractivity contribution in [2.75, 3.05) is 0 Å². The Labute approximate surface area is 81.8 Å². The lowest BCUT2D eigenvalue weighted by molar-refractivity contribution is 0.104. The van der Waals surface area contributed by atoms with E-state index in [4.69, 9.17) is 0 Å². The van der Waals surface area contributed by atoms with E-state index in [1.807, 2.05) is 37.3 Å². The van der Waals surface area contributed by atoms with Crippen LogP contribution in [0.2, 0.25) is 0 Å². The first-order valence-corrected chi connectivity index (χ1v) is 5.16. The number of allylic oxidation sites excluding steroid dienone is 2. The Balaban J connectivity index is 2.44. The van der Waals surface area contributed by atoms with Crippen LogP contribution in [0.3, 0.4) is 0 Å². The van der Waals surface area contributed by atoms with E-state index in [1.165, 1.54) is 0 Å². The number of ketones is 1. The van der Waals surface area contributed by atoms with Crippen molar-refractivity contribution >= 4 is 17.5 Å². The van der Waals surface area contributed by atoms with Gasteiger partial charge in [0.05, 0.1) is 4.91 Å². The van der Waals surface area contributed by atoms with E-state index in [9.17, 15) is 4.79 Å². The smallest absolute Gasteiger partial charge is 0.200 e. The van der Waals surface area contributed by atoms with Crippen LogP contribution in [0.4, 0.5) is 0 Å². The second kappa shape index (κ2) is 3.38. The number of rotatable bonds is 1. The summed E-state index contributed by atoms with van der Waals surface area (Å²) in [6.45, 7) is 2.05. The standard InChI is InChI=1S/C11H10OS/c1-2-5-10-11(12)8-6-3-4-7-9(8)13-10/h3-7H,2H2,1H3/b10-5+. The lowest BCUT2D eigenvalue weighted by Crippen LogP contribution is -1.93. The molecule has 0 fully saturated rings. The van der Waals surface area contributed by atoms with Gasteiger partial charge in [0.15, 0.2) is 0 Å². The SMILES string of the molecule is CC/C=C1/Sc2ccccc2C1=O. The van der Waals surface area contributed by atoms with E-state index in [0.717, 1.165) is 21.8 Å². The van der Waals surface area contributed by atoms with E-state index >= 15 is 0 Å². The zero-order valence-corrected chi connectivity index (χ0v) is 8.23. The van der Waals surface area contributed by atoms with E-state index in [0.29, 0.717) is 0 Å². The highest BCUT2D eigenvalue weighted by molar-refractivity contribution is 8.04. The number of fused-ring (bicyclic) bond motifs is 1. The molecule has 0 saturated carbocycles. The molecule has 0 aliphatic carbocycles. The van der Waals surface area contributed by atoms with Crippen molar-refractivity contribution in [3.05, 3.63) is 40.8 Å². The fraction of sp³-hybridized carbons (Fsp3) is 0.182. The van der Waals surface area contributed by atoms with Crippen molar-refractivity contribution < 1.29 is 4.79 Å². The van der Waals surface area contributed by atoms with Crippen LogP contribution in [0.15, 0.2) is 40.1 Å². The second-order valence-electron chi connectivity index (χ2n) is 2.90. The van der Waals surface area contributed by atoms with Gasteiger partial charge in [-0.1, -0.05) is 36.9 Å². The highest BCUT2D eigenvalue weighted by atomic mass is 32.2. The van der Waals surface area contributed by atoms with Gasteiger partial charge in [-0.25, -0.2) is 0 Å². The minimum atomic E-state index is 0.183. The van der Waals surface area contributed by atoms with Gasteiger partial charge in [-0.2, -0.15) is 0 Å². The third kappa shape index (κ3) is 1.42. The predicted octanol–water partition coefficient (Wildman–Crippen LogP) is 3.27. The lowest BCUT2D eigenvalue weighted by Gasteiger charge is -1.90. The quantitative estimate of drug-likeness (QED) is 0.632. The molecule has 0 spiro atoms. The van der Waals surface area contributed by atoms with Gasteiger partial charge in [-0.05, 0) is 18.6 Å². The van der Waals surface area contributed by atoms with Crippen LogP contribution >= 0.6 is 11.8 Å². The van der Waals surface area contributed by atoms with Gasteiger partial charge >= 0.3 is 0 Å². The highest BCUT2D eigenvalue weighted by Gasteiger charge is 2.24. The number of thioether (sulfide) groups is 1. The van der Waals surface area contributed by atoms with Gasteiger partial charge in [0.25, 0.3) is 0 Å². The molecule has 1 aromatic carbocycles. The normalized spacial score (nSPS) is 17.9. The Morgan fingerprint density at radius 2 is 2.15 bits per heavy atom. The maximum absolute atomic E-state index is 11.7. The number of carbonyl (C=O) groups is 1. The third-order valence-corrected chi connectivity index (χ3v) is 3.11. The summed E-state index contributed by atoms with van der Waals surface area (Å²) in [5, 5.41) is 0. The molecule has 0 bridgehead atoms. The summed E-state index contributed by atoms with van der Waals surface area (Å²) in [4.78, 5) is 13.7. The Kier molecular flexibility index (Phi) is 2.23. The van der Waals surface area contributed by atoms with Crippen LogP contribution in [0, 0.1) is 0 Å². The van der Waals surface area contributed by atoms with E-state index in [2.05, 4.69) is 0 Å². The highest BCUT2D eigenvalue weighted by Crippen LogP contribution is 2.39. The molecule has 0 atom stereocenters. The van der Waals surface area contributed by atoms with E-state index in [-0.39, 0.29) is 5.78 Å². The van der Waals surface area contributed by atoms with Gasteiger partial charge in [-0.15, -0.1) is 0 Å². The first-order chi connectivity index (χ1) is 6.33. The molecule has 2 heteroatoms. The van der Waals surface area contributed by atoms with Gasteiger partial charge in [0.2, 0.25) is 5.78 Å². The average Bonchev–Trinajstić information content (AvgIpc) is 2.46. The van der Waals surface area contributed by atoms with Crippen LogP contribution < -0.4 is 0 Å². The van der Waals surface area contributed by atoms with Gasteiger partial charge < -0.3 is 0 Å². The summed E-state index contributed by atoms with van der Waals surface area (Å²) in [5.41, 5.74) is 0.854. The number of hydrogen-bond donors (Lipinski definition) is 0. The summed E-state index contributed by atoms with van der Waals surface area (Å²) >= 11 is 1.58. The molecular formula is C11H10OS. The molecule has 1 aromatic rings. The first-order valence-electron chi connectivity index (χ1n) is 4.34. The zero-order valence-electron chi connectivity index (χ0n) is 7.41. The summed E-state index contributed by atoms with van der Waals surface area (Å²) in [6.07, 6.45) is 2.91. The van der Waals surface area contributed by atoms with Crippen molar-refractivity contribution in [3.8, 4) is 0 Å². The molecule has 1 heterocycles. The van der Waals surface area contributed by atoms with Crippen LogP contribution in [0.25, 0.3) is 0 Å². The lowest BCUT2D eigenvalue weighted by atomic mass is 10.1. The number of carbonyl (C=O) groups excluding carboxylic acids is 1. The molecule has 0 saturated heterocycles. The monoisotopic (exact) mass is 190 g/mol. The minimum Gasteiger partial charge on any atom is -0.288 e. The molecule has 13 heavy (non-hydrogen) atoms. The average molecular weight is 190 g/mol. The van der Waals surface area contributed by atoms with Crippen LogP contribution in [-0.2, 0) is 0 Å². The second-order valence-corrected chi connectivity index (χ2v) is 3.99. The molecular weight excluding hydrogens is 180 g/mol. The minimum absolute atomic E-state index is 0.183. The van der Waals surface area contributed by atoms with Gasteiger partial charge in [-0.3, -0.25) is 4.79 Å². The number of hydrogen-bond acceptors (Lipinski definition) is 2. The van der Waals surface area contributed by atoms with Crippen LogP contribution in [0.1, 0.15) is 23.7 Å². The van der Waals surface area contributed by atoms with Gasteiger partial charge in [0.1, 0.15) is 0 Å². The fourth-order valence-corrected chi connectivity index (χ4v) is 2.47. The Morgan fingerprint density at radius 1 is 1.38 bits per heavy atom. The molecule has 1 aliphatic heterocycles. The third-order valence-electron chi connectivity index (χ3n) is 1.96. The molecule has 1 aliphatic rings. The van der Waals surface area contributed by atoms with Crippen molar-refractivity contribution in [3.63, 3.8) is 0 Å². The van der Waals surface area contributed by atoms with Crippen molar-refractivity contribution in [2.45, 2.75) is 18.2 Å². The van der Waals surface area contributed by atoms with Gasteiger partial charge in [0, 0.05) is 10.5 Å². The molecule has 0 unspecified atom stereocenters. The molecule has 0 radical (unpaired) electrons. The summed E-state index contributed by atoms with van der Waals surface area (Å²) < 4.78 is 0.